The number of aliphatic carboxylic acids is 1. The number of imidazole rings is 1. The average Bonchev–Trinajstić information content (AvgIpc) is 2.78. The molecule has 2 aromatic rings. The number of H-pyrrole nitrogens is 1. The SMILES string of the molecule is CCC(C(=O)O)c1ncc(-c2ccc(F)cc2F)[nH]1. The number of hydrogen-bond acceptors (Lipinski definition) is 2. The number of aromatic nitrogens is 2. The smallest absolute Gasteiger partial charge is 0.314 e. The van der Waals surface area contributed by atoms with Gasteiger partial charge >= 0.3 is 5.97 Å². The number of nitrogens with zero attached hydrogens (tertiary/aromatic N) is 1. The number of aromatic amines is 1. The first-order chi connectivity index (χ1) is 9.02. The quantitative estimate of drug-likeness (QED) is 0.894. The molecule has 1 unspecified atom stereocenters. The van der Waals surface area contributed by atoms with Crippen LogP contribution in [0.15, 0.2) is 24.4 Å². The van der Waals surface area contributed by atoms with Crippen LogP contribution in [-0.2, 0) is 4.79 Å². The molecule has 0 aliphatic carbocycles. The third-order valence-electron chi connectivity index (χ3n) is 2.85. The van der Waals surface area contributed by atoms with Crippen molar-refractivity contribution in [2.75, 3.05) is 0 Å². The highest BCUT2D eigenvalue weighted by Gasteiger charge is 2.21. The summed E-state index contributed by atoms with van der Waals surface area (Å²) in [4.78, 5) is 17.7. The zero-order valence-electron chi connectivity index (χ0n) is 10.2. The molecule has 1 heterocycles. The van der Waals surface area contributed by atoms with Crippen LogP contribution in [0.1, 0.15) is 25.1 Å². The number of halogens is 2. The van der Waals surface area contributed by atoms with Crippen molar-refractivity contribution in [3.05, 3.63) is 41.9 Å². The molecule has 0 amide bonds. The first kappa shape index (κ1) is 13.2. The lowest BCUT2D eigenvalue weighted by molar-refractivity contribution is -0.139. The van der Waals surface area contributed by atoms with Gasteiger partial charge in [-0.15, -0.1) is 0 Å². The van der Waals surface area contributed by atoms with Crippen molar-refractivity contribution in [2.24, 2.45) is 0 Å². The maximum Gasteiger partial charge on any atom is 0.314 e. The molecule has 0 saturated heterocycles. The van der Waals surface area contributed by atoms with E-state index < -0.39 is 23.5 Å². The lowest BCUT2D eigenvalue weighted by Crippen LogP contribution is -2.11. The summed E-state index contributed by atoms with van der Waals surface area (Å²) in [5.41, 5.74) is 0.479. The molecular weight excluding hydrogens is 254 g/mol. The van der Waals surface area contributed by atoms with E-state index in [9.17, 15) is 13.6 Å². The molecule has 1 aromatic carbocycles. The highest BCUT2D eigenvalue weighted by atomic mass is 19.1. The summed E-state index contributed by atoms with van der Waals surface area (Å²) >= 11 is 0. The zero-order chi connectivity index (χ0) is 14.0. The van der Waals surface area contributed by atoms with Gasteiger partial charge in [-0.1, -0.05) is 6.92 Å². The summed E-state index contributed by atoms with van der Waals surface area (Å²) in [5, 5.41) is 9.01. The second-order valence-corrected chi connectivity index (χ2v) is 4.11. The molecule has 0 fully saturated rings. The van der Waals surface area contributed by atoms with Crippen molar-refractivity contribution in [1.29, 1.82) is 0 Å². The third-order valence-corrected chi connectivity index (χ3v) is 2.85. The highest BCUT2D eigenvalue weighted by molar-refractivity contribution is 5.75. The summed E-state index contributed by atoms with van der Waals surface area (Å²) < 4.78 is 26.4. The molecule has 2 rings (SSSR count). The minimum atomic E-state index is -0.997. The molecule has 2 N–H and O–H groups in total. The van der Waals surface area contributed by atoms with Gasteiger partial charge in [-0.3, -0.25) is 4.79 Å². The van der Waals surface area contributed by atoms with E-state index in [1.807, 2.05) is 0 Å². The molecule has 100 valence electrons. The fourth-order valence-corrected chi connectivity index (χ4v) is 1.84. The molecule has 0 radical (unpaired) electrons. The van der Waals surface area contributed by atoms with Gasteiger partial charge in [0.05, 0.1) is 11.9 Å². The summed E-state index contributed by atoms with van der Waals surface area (Å²) in [5.74, 6) is -2.90. The van der Waals surface area contributed by atoms with Gasteiger partial charge < -0.3 is 10.1 Å². The molecular formula is C13H12F2N2O2. The van der Waals surface area contributed by atoms with Crippen LogP contribution in [0.5, 0.6) is 0 Å². The normalized spacial score (nSPS) is 12.4. The Labute approximate surface area is 108 Å². The minimum absolute atomic E-state index is 0.153. The van der Waals surface area contributed by atoms with E-state index >= 15 is 0 Å². The van der Waals surface area contributed by atoms with E-state index in [4.69, 9.17) is 5.11 Å². The first-order valence-corrected chi connectivity index (χ1v) is 5.76. The van der Waals surface area contributed by atoms with E-state index in [2.05, 4.69) is 9.97 Å². The van der Waals surface area contributed by atoms with E-state index in [1.54, 1.807) is 6.92 Å². The van der Waals surface area contributed by atoms with Crippen LogP contribution in [0, 0.1) is 11.6 Å². The molecule has 0 aliphatic rings. The van der Waals surface area contributed by atoms with Gasteiger partial charge in [0.25, 0.3) is 0 Å². The number of hydrogen-bond donors (Lipinski definition) is 2. The number of nitrogens with one attached hydrogen (secondary N) is 1. The van der Waals surface area contributed by atoms with Crippen molar-refractivity contribution in [3.63, 3.8) is 0 Å². The van der Waals surface area contributed by atoms with Crippen LogP contribution in [0.4, 0.5) is 8.78 Å². The Bertz CT molecular complexity index is 610. The van der Waals surface area contributed by atoms with E-state index in [1.165, 1.54) is 12.3 Å². The molecule has 0 spiro atoms. The molecule has 6 heteroatoms. The van der Waals surface area contributed by atoms with Crippen LogP contribution in [0.3, 0.4) is 0 Å². The molecule has 4 nitrogen and oxygen atoms in total. The zero-order valence-corrected chi connectivity index (χ0v) is 10.2. The number of carboxylic acids is 1. The van der Waals surface area contributed by atoms with Crippen molar-refractivity contribution in [3.8, 4) is 11.3 Å². The number of carboxylic acid groups (broad SMARTS) is 1. The average molecular weight is 266 g/mol. The third kappa shape index (κ3) is 2.62. The van der Waals surface area contributed by atoms with Crippen LogP contribution >= 0.6 is 0 Å². The van der Waals surface area contributed by atoms with E-state index in [-0.39, 0.29) is 11.4 Å². The van der Waals surface area contributed by atoms with Crippen LogP contribution in [0.25, 0.3) is 11.3 Å². The van der Waals surface area contributed by atoms with Crippen molar-refractivity contribution in [2.45, 2.75) is 19.3 Å². The second kappa shape index (κ2) is 5.17. The minimum Gasteiger partial charge on any atom is -0.481 e. The van der Waals surface area contributed by atoms with Crippen molar-refractivity contribution < 1.29 is 18.7 Å². The summed E-state index contributed by atoms with van der Waals surface area (Å²) in [6, 6.07) is 3.18. The Kier molecular flexibility index (Phi) is 3.59. The summed E-state index contributed by atoms with van der Waals surface area (Å²) in [6.45, 7) is 1.72. The van der Waals surface area contributed by atoms with Gasteiger partial charge in [0.2, 0.25) is 0 Å². The maximum atomic E-state index is 13.6. The van der Waals surface area contributed by atoms with E-state index in [0.717, 1.165) is 12.1 Å². The molecule has 1 atom stereocenters. The summed E-state index contributed by atoms with van der Waals surface area (Å²) in [7, 11) is 0. The molecule has 0 bridgehead atoms. The topological polar surface area (TPSA) is 66.0 Å². The predicted molar refractivity (Wildman–Crippen MR) is 64.6 cm³/mol. The Morgan fingerprint density at radius 1 is 1.47 bits per heavy atom. The van der Waals surface area contributed by atoms with E-state index in [0.29, 0.717) is 12.1 Å². The first-order valence-electron chi connectivity index (χ1n) is 5.76. The Morgan fingerprint density at radius 2 is 2.21 bits per heavy atom. The van der Waals surface area contributed by atoms with Crippen LogP contribution < -0.4 is 0 Å². The number of benzene rings is 1. The van der Waals surface area contributed by atoms with Gasteiger partial charge in [0, 0.05) is 11.6 Å². The summed E-state index contributed by atoms with van der Waals surface area (Å²) in [6.07, 6.45) is 1.71. The fourth-order valence-electron chi connectivity index (χ4n) is 1.84. The Balaban J connectivity index is 2.38. The van der Waals surface area contributed by atoms with Gasteiger partial charge in [0.1, 0.15) is 23.4 Å². The lowest BCUT2D eigenvalue weighted by Gasteiger charge is -2.05. The van der Waals surface area contributed by atoms with Gasteiger partial charge in [-0.2, -0.15) is 0 Å². The number of carbonyl (C=O) groups is 1. The Hall–Kier alpha value is -2.24. The fraction of sp³-hybridized carbons (Fsp3) is 0.231. The van der Waals surface area contributed by atoms with Crippen LogP contribution in [-0.4, -0.2) is 21.0 Å². The second-order valence-electron chi connectivity index (χ2n) is 4.11. The molecule has 0 aliphatic heterocycles. The Morgan fingerprint density at radius 3 is 2.79 bits per heavy atom. The van der Waals surface area contributed by atoms with Crippen molar-refractivity contribution in [1.82, 2.24) is 9.97 Å². The largest absolute Gasteiger partial charge is 0.481 e. The molecule has 1 aromatic heterocycles. The maximum absolute atomic E-state index is 13.6. The number of rotatable bonds is 4. The standard InChI is InChI=1S/C13H12F2N2O2/c1-2-8(13(18)19)12-16-6-11(17-12)9-4-3-7(14)5-10(9)15/h3-6,8H,2H2,1H3,(H,16,17)(H,18,19). The van der Waals surface area contributed by atoms with Gasteiger partial charge in [-0.05, 0) is 18.6 Å². The molecule has 19 heavy (non-hydrogen) atoms. The lowest BCUT2D eigenvalue weighted by atomic mass is 10.1. The van der Waals surface area contributed by atoms with Crippen molar-refractivity contribution >= 4 is 5.97 Å². The monoisotopic (exact) mass is 266 g/mol. The van der Waals surface area contributed by atoms with Gasteiger partial charge in [0.15, 0.2) is 0 Å². The predicted octanol–water partition coefficient (Wildman–Crippen LogP) is 2.93. The molecule has 0 saturated carbocycles. The highest BCUT2D eigenvalue weighted by Crippen LogP contribution is 2.24. The van der Waals surface area contributed by atoms with Crippen LogP contribution in [0.2, 0.25) is 0 Å². The van der Waals surface area contributed by atoms with Gasteiger partial charge in [-0.25, -0.2) is 13.8 Å².